The van der Waals surface area contributed by atoms with Gasteiger partial charge in [-0.2, -0.15) is 13.2 Å². The van der Waals surface area contributed by atoms with E-state index in [0.29, 0.717) is 33.6 Å². The first-order chi connectivity index (χ1) is 14.8. The van der Waals surface area contributed by atoms with Gasteiger partial charge in [-0.15, -0.1) is 0 Å². The second-order valence-corrected chi connectivity index (χ2v) is 6.83. The molecule has 156 valence electrons. The first-order valence-electron chi connectivity index (χ1n) is 9.20. The van der Waals surface area contributed by atoms with Crippen LogP contribution in [0.15, 0.2) is 79.3 Å². The Bertz CT molecular complexity index is 1300. The van der Waals surface area contributed by atoms with Gasteiger partial charge in [-0.1, -0.05) is 12.1 Å². The minimum absolute atomic E-state index is 0.0857. The van der Waals surface area contributed by atoms with Gasteiger partial charge in [0.1, 0.15) is 11.5 Å². The van der Waals surface area contributed by atoms with Crippen molar-refractivity contribution in [1.82, 2.24) is 9.38 Å². The number of allylic oxidation sites excluding steroid dienone is 1. The predicted octanol–water partition coefficient (Wildman–Crippen LogP) is 5.53. The molecule has 0 spiro atoms. The number of nitrogens with zero attached hydrogens (tertiary/aromatic N) is 2. The van der Waals surface area contributed by atoms with Gasteiger partial charge in [0.15, 0.2) is 0 Å². The Hall–Kier alpha value is -3.94. The van der Waals surface area contributed by atoms with E-state index in [1.807, 2.05) is 0 Å². The lowest BCUT2D eigenvalue weighted by molar-refractivity contribution is -0.137. The molecule has 2 aromatic heterocycles. The van der Waals surface area contributed by atoms with Crippen LogP contribution in [0.25, 0.3) is 22.5 Å². The van der Waals surface area contributed by atoms with Crippen molar-refractivity contribution in [2.24, 2.45) is 5.73 Å². The molecule has 2 heterocycles. The first kappa shape index (κ1) is 20.3. The Kier molecular flexibility index (Phi) is 5.06. The average Bonchev–Trinajstić information content (AvgIpc) is 3.17. The summed E-state index contributed by atoms with van der Waals surface area (Å²) in [5.74, 6) is -0.416. The van der Waals surface area contributed by atoms with E-state index in [1.165, 1.54) is 42.7 Å². The van der Waals surface area contributed by atoms with E-state index in [-0.39, 0.29) is 5.71 Å². The number of rotatable bonds is 4. The van der Waals surface area contributed by atoms with Crippen LogP contribution >= 0.6 is 0 Å². The standard InChI is InChI=1S/C23H16F4N4/c24-18-7-4-14(5-8-18)22(29)19(11-28)16-6-9-21-30-12-20(31(21)13-16)15-2-1-3-17(10-15)23(25,26)27/h1-13,29H,28H2/b19-11-,29-22?. The number of alkyl halides is 3. The lowest BCUT2D eigenvalue weighted by Gasteiger charge is -2.12. The highest BCUT2D eigenvalue weighted by Gasteiger charge is 2.30. The number of hydrogen-bond donors (Lipinski definition) is 2. The molecule has 0 aliphatic rings. The minimum Gasteiger partial charge on any atom is -0.404 e. The number of nitrogens with one attached hydrogen (secondary N) is 1. The Morgan fingerprint density at radius 3 is 2.39 bits per heavy atom. The number of nitrogens with two attached hydrogens (primary N) is 1. The van der Waals surface area contributed by atoms with Crippen molar-refractivity contribution in [3.63, 3.8) is 0 Å². The Labute approximate surface area is 174 Å². The molecule has 4 nitrogen and oxygen atoms in total. The molecular formula is C23H16F4N4. The summed E-state index contributed by atoms with van der Waals surface area (Å²) in [6, 6.07) is 13.9. The molecule has 0 unspecified atom stereocenters. The van der Waals surface area contributed by atoms with Crippen LogP contribution in [-0.4, -0.2) is 15.1 Å². The minimum atomic E-state index is -4.46. The summed E-state index contributed by atoms with van der Waals surface area (Å²) in [6.07, 6.45) is -0.0322. The largest absolute Gasteiger partial charge is 0.416 e. The van der Waals surface area contributed by atoms with Crippen molar-refractivity contribution in [3.8, 4) is 11.3 Å². The van der Waals surface area contributed by atoms with E-state index >= 15 is 0 Å². The molecule has 0 amide bonds. The summed E-state index contributed by atoms with van der Waals surface area (Å²) in [4.78, 5) is 4.26. The number of benzene rings is 2. The predicted molar refractivity (Wildman–Crippen MR) is 111 cm³/mol. The van der Waals surface area contributed by atoms with Crippen LogP contribution < -0.4 is 5.73 Å². The SMILES string of the molecule is N=C(/C(=C\N)c1ccc2ncc(-c3cccc(C(F)(F)F)c3)n2c1)c1ccc(F)cc1. The zero-order valence-corrected chi connectivity index (χ0v) is 16.0. The fourth-order valence-electron chi connectivity index (χ4n) is 3.30. The quantitative estimate of drug-likeness (QED) is 0.334. The van der Waals surface area contributed by atoms with Crippen molar-refractivity contribution in [1.29, 1.82) is 5.41 Å². The van der Waals surface area contributed by atoms with Gasteiger partial charge in [0.25, 0.3) is 0 Å². The van der Waals surface area contributed by atoms with Gasteiger partial charge in [-0.05, 0) is 48.5 Å². The fourth-order valence-corrected chi connectivity index (χ4v) is 3.30. The summed E-state index contributed by atoms with van der Waals surface area (Å²) in [7, 11) is 0. The first-order valence-corrected chi connectivity index (χ1v) is 9.20. The maximum absolute atomic E-state index is 13.2. The molecule has 4 aromatic rings. The molecule has 0 bridgehead atoms. The summed E-state index contributed by atoms with van der Waals surface area (Å²) >= 11 is 0. The third-order valence-electron chi connectivity index (χ3n) is 4.87. The summed E-state index contributed by atoms with van der Waals surface area (Å²) in [6.45, 7) is 0. The molecule has 0 atom stereocenters. The topological polar surface area (TPSA) is 67.2 Å². The van der Waals surface area contributed by atoms with Crippen LogP contribution in [0.1, 0.15) is 16.7 Å². The van der Waals surface area contributed by atoms with E-state index in [0.717, 1.165) is 12.1 Å². The van der Waals surface area contributed by atoms with E-state index < -0.39 is 17.6 Å². The maximum Gasteiger partial charge on any atom is 0.416 e. The number of pyridine rings is 1. The molecule has 0 saturated heterocycles. The summed E-state index contributed by atoms with van der Waals surface area (Å²) < 4.78 is 54.2. The molecule has 0 fully saturated rings. The molecule has 0 aliphatic carbocycles. The van der Waals surface area contributed by atoms with E-state index in [9.17, 15) is 17.6 Å². The van der Waals surface area contributed by atoms with Crippen LogP contribution in [0, 0.1) is 11.2 Å². The van der Waals surface area contributed by atoms with Gasteiger partial charge < -0.3 is 5.73 Å². The molecular weight excluding hydrogens is 408 g/mol. The highest BCUT2D eigenvalue weighted by molar-refractivity contribution is 6.30. The van der Waals surface area contributed by atoms with Crippen LogP contribution in [0.5, 0.6) is 0 Å². The zero-order valence-electron chi connectivity index (χ0n) is 16.0. The van der Waals surface area contributed by atoms with Gasteiger partial charge in [0.2, 0.25) is 0 Å². The highest BCUT2D eigenvalue weighted by Crippen LogP contribution is 2.32. The lowest BCUT2D eigenvalue weighted by atomic mass is 9.98. The van der Waals surface area contributed by atoms with Gasteiger partial charge in [0, 0.05) is 34.7 Å². The molecule has 2 aromatic carbocycles. The Morgan fingerprint density at radius 1 is 1.00 bits per heavy atom. The molecule has 8 heteroatoms. The summed E-state index contributed by atoms with van der Waals surface area (Å²) in [5.41, 5.74) is 7.89. The molecule has 0 radical (unpaired) electrons. The van der Waals surface area contributed by atoms with Crippen LogP contribution in [-0.2, 0) is 6.18 Å². The second kappa shape index (κ2) is 7.71. The van der Waals surface area contributed by atoms with Gasteiger partial charge >= 0.3 is 6.18 Å². The van der Waals surface area contributed by atoms with Crippen molar-refractivity contribution >= 4 is 16.9 Å². The van der Waals surface area contributed by atoms with E-state index in [4.69, 9.17) is 11.1 Å². The molecule has 31 heavy (non-hydrogen) atoms. The number of halogens is 4. The number of imidazole rings is 1. The molecule has 0 aliphatic heterocycles. The monoisotopic (exact) mass is 424 g/mol. The lowest BCUT2D eigenvalue weighted by Crippen LogP contribution is -2.06. The fraction of sp³-hybridized carbons (Fsp3) is 0.0435. The van der Waals surface area contributed by atoms with Crippen LogP contribution in [0.3, 0.4) is 0 Å². The smallest absolute Gasteiger partial charge is 0.404 e. The van der Waals surface area contributed by atoms with Crippen molar-refractivity contribution in [2.75, 3.05) is 0 Å². The van der Waals surface area contributed by atoms with Crippen molar-refractivity contribution in [3.05, 3.63) is 102 Å². The molecule has 4 rings (SSSR count). The molecule has 0 saturated carbocycles. The third-order valence-corrected chi connectivity index (χ3v) is 4.87. The van der Waals surface area contributed by atoms with Gasteiger partial charge in [-0.3, -0.25) is 9.81 Å². The summed E-state index contributed by atoms with van der Waals surface area (Å²) in [5, 5.41) is 8.46. The van der Waals surface area contributed by atoms with Gasteiger partial charge in [-0.25, -0.2) is 9.37 Å². The van der Waals surface area contributed by atoms with Gasteiger partial charge in [0.05, 0.1) is 23.2 Å². The van der Waals surface area contributed by atoms with E-state index in [2.05, 4.69) is 4.98 Å². The van der Waals surface area contributed by atoms with Crippen LogP contribution in [0.2, 0.25) is 0 Å². The van der Waals surface area contributed by atoms with E-state index in [1.54, 1.807) is 28.8 Å². The average molecular weight is 424 g/mol. The number of fused-ring (bicyclic) bond motifs is 1. The highest BCUT2D eigenvalue weighted by atomic mass is 19.4. The normalized spacial score (nSPS) is 12.3. The maximum atomic E-state index is 13.2. The third kappa shape index (κ3) is 3.92. The Balaban J connectivity index is 1.78. The number of aromatic nitrogens is 2. The number of hydrogen-bond acceptors (Lipinski definition) is 3. The second-order valence-electron chi connectivity index (χ2n) is 6.83. The van der Waals surface area contributed by atoms with Crippen molar-refractivity contribution < 1.29 is 17.6 Å². The van der Waals surface area contributed by atoms with Crippen LogP contribution in [0.4, 0.5) is 17.6 Å². The van der Waals surface area contributed by atoms with Crippen molar-refractivity contribution in [2.45, 2.75) is 6.18 Å². The Morgan fingerprint density at radius 2 is 1.71 bits per heavy atom. The zero-order chi connectivity index (χ0) is 22.2. The molecule has 3 N–H and O–H groups in total.